The Morgan fingerprint density at radius 2 is 1.51 bits per heavy atom. The molecule has 174 valence electrons. The van der Waals surface area contributed by atoms with Crippen molar-refractivity contribution in [1.82, 2.24) is 9.55 Å². The van der Waals surface area contributed by atoms with Crippen LogP contribution >= 0.6 is 0 Å². The summed E-state index contributed by atoms with van der Waals surface area (Å²) < 4.78 is 2.19. The highest BCUT2D eigenvalue weighted by molar-refractivity contribution is 6.01. The van der Waals surface area contributed by atoms with Crippen molar-refractivity contribution in [2.45, 2.75) is 33.2 Å². The van der Waals surface area contributed by atoms with Gasteiger partial charge in [0.1, 0.15) is 11.7 Å². The second-order valence-corrected chi connectivity index (χ2v) is 9.07. The van der Waals surface area contributed by atoms with Crippen molar-refractivity contribution in [3.05, 3.63) is 131 Å². The summed E-state index contributed by atoms with van der Waals surface area (Å²) in [5, 5.41) is 5.32. The van der Waals surface area contributed by atoms with Crippen LogP contribution < -0.4 is 5.32 Å². The normalized spacial score (nSPS) is 12.0. The van der Waals surface area contributed by atoms with Gasteiger partial charge in [-0.05, 0) is 54.8 Å². The second-order valence-electron chi connectivity index (χ2n) is 9.07. The molecule has 0 bridgehead atoms. The molecule has 1 amide bonds. The number of hydrogen-bond donors (Lipinski definition) is 1. The summed E-state index contributed by atoms with van der Waals surface area (Å²) in [5.41, 5.74) is 6.05. The minimum absolute atomic E-state index is 0.0930. The van der Waals surface area contributed by atoms with Gasteiger partial charge in [-0.2, -0.15) is 0 Å². The number of benzene rings is 4. The number of imidazole rings is 1. The van der Waals surface area contributed by atoms with Crippen LogP contribution in [0.1, 0.15) is 39.8 Å². The third kappa shape index (κ3) is 4.60. The number of nitrogens with zero attached hydrogens (tertiary/aromatic N) is 2. The van der Waals surface area contributed by atoms with Crippen LogP contribution in [-0.2, 0) is 11.3 Å². The molecule has 0 aliphatic rings. The molecule has 0 aliphatic heterocycles. The van der Waals surface area contributed by atoms with E-state index in [4.69, 9.17) is 4.98 Å². The highest BCUT2D eigenvalue weighted by Crippen LogP contribution is 2.33. The topological polar surface area (TPSA) is 46.9 Å². The molecule has 1 aromatic heterocycles. The number of carbonyl (C=O) groups excluding carboxylic acids is 1. The highest BCUT2D eigenvalue weighted by atomic mass is 16.1. The van der Waals surface area contributed by atoms with E-state index in [0.29, 0.717) is 6.54 Å². The number of amides is 1. The first-order valence-corrected chi connectivity index (χ1v) is 11.9. The smallest absolute Gasteiger partial charge is 0.239 e. The molecule has 0 fully saturated rings. The molecular formula is C31H29N3O. The third-order valence-electron chi connectivity index (χ3n) is 6.64. The molecular weight excluding hydrogens is 430 g/mol. The Morgan fingerprint density at radius 3 is 2.29 bits per heavy atom. The van der Waals surface area contributed by atoms with E-state index in [1.165, 1.54) is 5.56 Å². The lowest BCUT2D eigenvalue weighted by atomic mass is 9.91. The molecule has 1 atom stereocenters. The Balaban J connectivity index is 1.66. The fraction of sp³-hybridized carbons (Fsp3) is 0.161. The van der Waals surface area contributed by atoms with Crippen LogP contribution in [-0.4, -0.2) is 15.5 Å². The van der Waals surface area contributed by atoms with E-state index in [1.54, 1.807) is 0 Å². The number of hydrogen-bond acceptors (Lipinski definition) is 2. The largest absolute Gasteiger partial charge is 0.327 e. The van der Waals surface area contributed by atoms with E-state index in [1.807, 2.05) is 80.6 Å². The molecule has 0 spiro atoms. The van der Waals surface area contributed by atoms with Crippen molar-refractivity contribution in [2.24, 2.45) is 0 Å². The Bertz CT molecular complexity index is 1480. The summed E-state index contributed by atoms with van der Waals surface area (Å²) >= 11 is 0. The number of carbonyl (C=O) groups is 1. The molecule has 1 N–H and O–H groups in total. The maximum Gasteiger partial charge on any atom is 0.239 e. The zero-order valence-electron chi connectivity index (χ0n) is 20.3. The van der Waals surface area contributed by atoms with Crippen molar-refractivity contribution in [3.63, 3.8) is 0 Å². The minimum atomic E-state index is -0.571. The Labute approximate surface area is 206 Å². The summed E-state index contributed by atoms with van der Waals surface area (Å²) in [6.07, 6.45) is 0. The first-order chi connectivity index (χ1) is 17.0. The molecule has 5 rings (SSSR count). The minimum Gasteiger partial charge on any atom is -0.327 e. The molecule has 0 saturated heterocycles. The van der Waals surface area contributed by atoms with Gasteiger partial charge in [0.2, 0.25) is 5.91 Å². The van der Waals surface area contributed by atoms with Crippen LogP contribution in [0.2, 0.25) is 0 Å². The molecule has 0 saturated carbocycles. The number of aryl methyl sites for hydroxylation is 2. The van der Waals surface area contributed by atoms with Crippen LogP contribution in [0.5, 0.6) is 0 Å². The molecule has 0 radical (unpaired) electrons. The van der Waals surface area contributed by atoms with Crippen molar-refractivity contribution < 1.29 is 4.79 Å². The van der Waals surface area contributed by atoms with Crippen LogP contribution in [0.3, 0.4) is 0 Å². The Hall–Kier alpha value is -4.18. The first-order valence-electron chi connectivity index (χ1n) is 11.9. The van der Waals surface area contributed by atoms with Crippen molar-refractivity contribution >= 4 is 22.4 Å². The van der Waals surface area contributed by atoms with E-state index in [9.17, 15) is 4.79 Å². The number of aromatic nitrogens is 2. The highest BCUT2D eigenvalue weighted by Gasteiger charge is 2.30. The van der Waals surface area contributed by atoms with Crippen LogP contribution in [0.15, 0.2) is 97.1 Å². The van der Waals surface area contributed by atoms with Crippen molar-refractivity contribution in [3.8, 4) is 0 Å². The molecule has 1 unspecified atom stereocenters. The van der Waals surface area contributed by atoms with E-state index in [-0.39, 0.29) is 5.91 Å². The monoisotopic (exact) mass is 459 g/mol. The fourth-order valence-corrected chi connectivity index (χ4v) is 4.62. The molecule has 5 aromatic rings. The summed E-state index contributed by atoms with van der Waals surface area (Å²) in [7, 11) is 0. The van der Waals surface area contributed by atoms with Gasteiger partial charge in [-0.15, -0.1) is 0 Å². The average Bonchev–Trinajstić information content (AvgIpc) is 3.14. The van der Waals surface area contributed by atoms with E-state index >= 15 is 0 Å². The van der Waals surface area contributed by atoms with Gasteiger partial charge in [-0.3, -0.25) is 4.79 Å². The van der Waals surface area contributed by atoms with Crippen molar-refractivity contribution in [2.75, 3.05) is 5.32 Å². The zero-order chi connectivity index (χ0) is 24.4. The lowest BCUT2D eigenvalue weighted by Crippen LogP contribution is -2.26. The lowest BCUT2D eigenvalue weighted by molar-refractivity contribution is -0.116. The molecule has 0 aliphatic carbocycles. The van der Waals surface area contributed by atoms with Crippen LogP contribution in [0, 0.1) is 20.8 Å². The fourth-order valence-electron chi connectivity index (χ4n) is 4.62. The van der Waals surface area contributed by atoms with Gasteiger partial charge in [0.25, 0.3) is 0 Å². The molecule has 4 nitrogen and oxygen atoms in total. The average molecular weight is 460 g/mol. The predicted octanol–water partition coefficient (Wildman–Crippen LogP) is 6.78. The summed E-state index contributed by atoms with van der Waals surface area (Å²) in [6, 6.07) is 32.6. The van der Waals surface area contributed by atoms with Crippen LogP contribution in [0.4, 0.5) is 5.69 Å². The Morgan fingerprint density at radius 1 is 0.829 bits per heavy atom. The van der Waals surface area contributed by atoms with Gasteiger partial charge < -0.3 is 9.88 Å². The standard InChI is InChI=1S/C31H29N3O/c1-21-16-18-26(19-17-21)33-31(35)29(28-15-9-13-25-12-7-8-14-27(25)28)30-32-22(2)23(3)34(30)20-24-10-5-4-6-11-24/h4-19,29H,20H2,1-3H3,(H,33,35). The molecule has 35 heavy (non-hydrogen) atoms. The number of anilines is 1. The van der Waals surface area contributed by atoms with E-state index < -0.39 is 5.92 Å². The van der Waals surface area contributed by atoms with Gasteiger partial charge in [0.15, 0.2) is 0 Å². The SMILES string of the molecule is Cc1ccc(NC(=O)C(c2cccc3ccccc23)c2nc(C)c(C)n2Cc2ccccc2)cc1. The maximum atomic E-state index is 14.0. The molecule has 4 heteroatoms. The summed E-state index contributed by atoms with van der Waals surface area (Å²) in [4.78, 5) is 19.0. The molecule has 1 heterocycles. The zero-order valence-corrected chi connectivity index (χ0v) is 20.3. The quantitative estimate of drug-likeness (QED) is 0.304. The maximum absolute atomic E-state index is 14.0. The lowest BCUT2D eigenvalue weighted by Gasteiger charge is -2.21. The van der Waals surface area contributed by atoms with E-state index in [2.05, 4.69) is 47.1 Å². The van der Waals surface area contributed by atoms with Gasteiger partial charge in [0, 0.05) is 17.9 Å². The van der Waals surface area contributed by atoms with Gasteiger partial charge in [-0.1, -0.05) is 90.5 Å². The summed E-state index contributed by atoms with van der Waals surface area (Å²) in [6.45, 7) is 6.78. The van der Waals surface area contributed by atoms with Gasteiger partial charge >= 0.3 is 0 Å². The number of rotatable bonds is 6. The predicted molar refractivity (Wildman–Crippen MR) is 143 cm³/mol. The van der Waals surface area contributed by atoms with Crippen LogP contribution in [0.25, 0.3) is 10.8 Å². The first kappa shape index (κ1) is 22.6. The van der Waals surface area contributed by atoms with Gasteiger partial charge in [-0.25, -0.2) is 4.98 Å². The van der Waals surface area contributed by atoms with Gasteiger partial charge in [0.05, 0.1) is 5.69 Å². The number of fused-ring (bicyclic) bond motifs is 1. The van der Waals surface area contributed by atoms with Crippen molar-refractivity contribution in [1.29, 1.82) is 0 Å². The summed E-state index contributed by atoms with van der Waals surface area (Å²) in [5.74, 6) is 0.0906. The Kier molecular flexibility index (Phi) is 6.19. The second kappa shape index (κ2) is 9.59. The van der Waals surface area contributed by atoms with E-state index in [0.717, 1.165) is 44.8 Å². The third-order valence-corrected chi connectivity index (χ3v) is 6.64. The number of nitrogens with one attached hydrogen (secondary N) is 1. The molecule has 4 aromatic carbocycles.